The van der Waals surface area contributed by atoms with Crippen molar-refractivity contribution in [1.29, 1.82) is 0 Å². The van der Waals surface area contributed by atoms with E-state index < -0.39 is 5.97 Å². The lowest BCUT2D eigenvalue weighted by molar-refractivity contribution is -0.131. The third-order valence-corrected chi connectivity index (χ3v) is 4.13. The smallest absolute Gasteiger partial charge is 0.328 e. The zero-order chi connectivity index (χ0) is 15.9. The van der Waals surface area contributed by atoms with Gasteiger partial charge in [0.2, 0.25) is 0 Å². The summed E-state index contributed by atoms with van der Waals surface area (Å²) in [5, 5.41) is 8.51. The molecular formula is C18H16O3S. The maximum Gasteiger partial charge on any atom is 0.328 e. The average Bonchev–Trinajstić information content (AvgIpc) is 2.52. The van der Waals surface area contributed by atoms with Gasteiger partial charge in [0.05, 0.1) is 0 Å². The number of ketones is 1. The molecule has 0 heterocycles. The minimum absolute atomic E-state index is 0.308. The first-order chi connectivity index (χ1) is 10.5. The molecule has 0 fully saturated rings. The summed E-state index contributed by atoms with van der Waals surface area (Å²) >= 11 is 1.69. The highest BCUT2D eigenvalue weighted by Gasteiger charge is 2.03. The minimum Gasteiger partial charge on any atom is -0.478 e. The standard InChI is InChI=1S/C18H16O3S/c1-13-2-4-14(5-3-13)12-22-16-8-6-15(7-9-16)17(19)10-11-18(20)21/h2-11H,12H2,1H3,(H,20,21)/b11-10+. The Bertz CT molecular complexity index is 685. The second kappa shape index (κ2) is 7.61. The first kappa shape index (κ1) is 16.0. The molecule has 22 heavy (non-hydrogen) atoms. The Hall–Kier alpha value is -2.33. The van der Waals surface area contributed by atoms with E-state index in [1.165, 1.54) is 11.1 Å². The number of carboxylic acids is 1. The maximum absolute atomic E-state index is 11.7. The fourth-order valence-electron chi connectivity index (χ4n) is 1.81. The van der Waals surface area contributed by atoms with Crippen molar-refractivity contribution in [3.05, 3.63) is 77.4 Å². The lowest BCUT2D eigenvalue weighted by atomic mass is 10.1. The Kier molecular flexibility index (Phi) is 5.55. The van der Waals surface area contributed by atoms with Crippen molar-refractivity contribution in [2.24, 2.45) is 0 Å². The predicted molar refractivity (Wildman–Crippen MR) is 88.3 cm³/mol. The van der Waals surface area contributed by atoms with Crippen LogP contribution in [0.5, 0.6) is 0 Å². The van der Waals surface area contributed by atoms with E-state index in [1.54, 1.807) is 23.9 Å². The van der Waals surface area contributed by atoms with E-state index in [0.29, 0.717) is 5.56 Å². The van der Waals surface area contributed by atoms with E-state index >= 15 is 0 Å². The number of carbonyl (C=O) groups excluding carboxylic acids is 1. The molecule has 112 valence electrons. The monoisotopic (exact) mass is 312 g/mol. The Morgan fingerprint density at radius 1 is 1.00 bits per heavy atom. The first-order valence-corrected chi connectivity index (χ1v) is 7.77. The van der Waals surface area contributed by atoms with Gasteiger partial charge in [-0.2, -0.15) is 0 Å². The minimum atomic E-state index is -1.13. The molecule has 0 spiro atoms. The van der Waals surface area contributed by atoms with Crippen molar-refractivity contribution in [1.82, 2.24) is 0 Å². The molecule has 2 aromatic rings. The van der Waals surface area contributed by atoms with Gasteiger partial charge in [-0.15, -0.1) is 11.8 Å². The van der Waals surface area contributed by atoms with Crippen molar-refractivity contribution < 1.29 is 14.7 Å². The molecule has 3 nitrogen and oxygen atoms in total. The van der Waals surface area contributed by atoms with E-state index in [0.717, 1.165) is 22.8 Å². The zero-order valence-electron chi connectivity index (χ0n) is 12.2. The lowest BCUT2D eigenvalue weighted by Gasteiger charge is -2.03. The van der Waals surface area contributed by atoms with Crippen molar-refractivity contribution in [2.45, 2.75) is 17.6 Å². The Labute approximate surface area is 133 Å². The van der Waals surface area contributed by atoms with Crippen LogP contribution in [-0.4, -0.2) is 16.9 Å². The number of hydrogen-bond donors (Lipinski definition) is 1. The molecule has 0 radical (unpaired) electrons. The van der Waals surface area contributed by atoms with E-state index in [2.05, 4.69) is 31.2 Å². The molecule has 0 aliphatic carbocycles. The number of aliphatic carboxylic acids is 1. The Morgan fingerprint density at radius 3 is 2.23 bits per heavy atom. The van der Waals surface area contributed by atoms with Gasteiger partial charge in [0, 0.05) is 22.3 Å². The van der Waals surface area contributed by atoms with Crippen LogP contribution in [0.25, 0.3) is 0 Å². The van der Waals surface area contributed by atoms with E-state index in [1.807, 2.05) is 12.1 Å². The normalized spacial score (nSPS) is 10.8. The summed E-state index contributed by atoms with van der Waals surface area (Å²) in [5.74, 6) is -0.567. The first-order valence-electron chi connectivity index (χ1n) is 6.78. The summed E-state index contributed by atoms with van der Waals surface area (Å²) in [6, 6.07) is 15.6. The molecule has 0 amide bonds. The molecular weight excluding hydrogens is 296 g/mol. The fourth-order valence-corrected chi connectivity index (χ4v) is 2.66. The van der Waals surface area contributed by atoms with Crippen LogP contribution in [0, 0.1) is 6.92 Å². The number of benzene rings is 2. The number of aryl methyl sites for hydroxylation is 1. The van der Waals surface area contributed by atoms with Crippen LogP contribution in [0.2, 0.25) is 0 Å². The van der Waals surface area contributed by atoms with Crippen LogP contribution in [-0.2, 0) is 10.5 Å². The van der Waals surface area contributed by atoms with Crippen LogP contribution in [0.15, 0.2) is 65.6 Å². The summed E-state index contributed by atoms with van der Waals surface area (Å²) in [6.45, 7) is 2.06. The van der Waals surface area contributed by atoms with Crippen LogP contribution >= 0.6 is 11.8 Å². The van der Waals surface area contributed by atoms with Crippen molar-refractivity contribution in [3.63, 3.8) is 0 Å². The molecule has 2 aromatic carbocycles. The van der Waals surface area contributed by atoms with Gasteiger partial charge in [-0.05, 0) is 42.8 Å². The van der Waals surface area contributed by atoms with Crippen LogP contribution in [0.1, 0.15) is 21.5 Å². The molecule has 0 aromatic heterocycles. The SMILES string of the molecule is Cc1ccc(CSc2ccc(C(=O)/C=C/C(=O)O)cc2)cc1. The number of hydrogen-bond acceptors (Lipinski definition) is 3. The second-order valence-electron chi connectivity index (χ2n) is 4.83. The molecule has 0 bridgehead atoms. The van der Waals surface area contributed by atoms with Gasteiger partial charge in [0.15, 0.2) is 5.78 Å². The van der Waals surface area contributed by atoms with Gasteiger partial charge < -0.3 is 5.11 Å². The van der Waals surface area contributed by atoms with Crippen LogP contribution < -0.4 is 0 Å². The van der Waals surface area contributed by atoms with Crippen LogP contribution in [0.3, 0.4) is 0 Å². The van der Waals surface area contributed by atoms with Gasteiger partial charge >= 0.3 is 5.97 Å². The molecule has 1 N–H and O–H groups in total. The quantitative estimate of drug-likeness (QED) is 0.495. The lowest BCUT2D eigenvalue weighted by Crippen LogP contribution is -1.96. The second-order valence-corrected chi connectivity index (χ2v) is 5.88. The number of allylic oxidation sites excluding steroid dienone is 1. The largest absolute Gasteiger partial charge is 0.478 e. The molecule has 0 aliphatic rings. The molecule has 0 atom stereocenters. The van der Waals surface area contributed by atoms with Gasteiger partial charge in [0.25, 0.3) is 0 Å². The third kappa shape index (κ3) is 4.90. The van der Waals surface area contributed by atoms with E-state index in [4.69, 9.17) is 5.11 Å². The van der Waals surface area contributed by atoms with Gasteiger partial charge in [-0.25, -0.2) is 4.79 Å². The van der Waals surface area contributed by atoms with Gasteiger partial charge in [-0.1, -0.05) is 29.8 Å². The summed E-state index contributed by atoms with van der Waals surface area (Å²) < 4.78 is 0. The van der Waals surface area contributed by atoms with E-state index in [9.17, 15) is 9.59 Å². The summed E-state index contributed by atoms with van der Waals surface area (Å²) in [4.78, 5) is 23.2. The van der Waals surface area contributed by atoms with Gasteiger partial charge in [0.1, 0.15) is 0 Å². The highest BCUT2D eigenvalue weighted by atomic mass is 32.2. The molecule has 0 unspecified atom stereocenters. The number of carboxylic acid groups (broad SMARTS) is 1. The van der Waals surface area contributed by atoms with Crippen molar-refractivity contribution >= 4 is 23.5 Å². The highest BCUT2D eigenvalue weighted by molar-refractivity contribution is 7.98. The molecule has 2 rings (SSSR count). The third-order valence-electron chi connectivity index (χ3n) is 3.04. The maximum atomic E-state index is 11.7. The van der Waals surface area contributed by atoms with Crippen molar-refractivity contribution in [2.75, 3.05) is 0 Å². The Balaban J connectivity index is 1.95. The van der Waals surface area contributed by atoms with Crippen molar-refractivity contribution in [3.8, 4) is 0 Å². The summed E-state index contributed by atoms with van der Waals surface area (Å²) in [5.41, 5.74) is 2.98. The van der Waals surface area contributed by atoms with E-state index in [-0.39, 0.29) is 5.78 Å². The summed E-state index contributed by atoms with van der Waals surface area (Å²) in [6.07, 6.45) is 1.92. The predicted octanol–water partition coefficient (Wildman–Crippen LogP) is 4.11. The van der Waals surface area contributed by atoms with Gasteiger partial charge in [-0.3, -0.25) is 4.79 Å². The Morgan fingerprint density at radius 2 is 1.64 bits per heavy atom. The zero-order valence-corrected chi connectivity index (χ0v) is 13.0. The highest BCUT2D eigenvalue weighted by Crippen LogP contribution is 2.23. The average molecular weight is 312 g/mol. The molecule has 0 saturated heterocycles. The fraction of sp³-hybridized carbons (Fsp3) is 0.111. The molecule has 0 aliphatic heterocycles. The number of rotatable bonds is 6. The molecule has 0 saturated carbocycles. The van der Waals surface area contributed by atoms with Crippen LogP contribution in [0.4, 0.5) is 0 Å². The number of carbonyl (C=O) groups is 2. The summed E-state index contributed by atoms with van der Waals surface area (Å²) in [7, 11) is 0. The topological polar surface area (TPSA) is 54.4 Å². The molecule has 4 heteroatoms. The number of thioether (sulfide) groups is 1.